The van der Waals surface area contributed by atoms with E-state index in [1.54, 1.807) is 0 Å². The topological polar surface area (TPSA) is 115 Å². The zero-order chi connectivity index (χ0) is 26.7. The summed E-state index contributed by atoms with van der Waals surface area (Å²) in [6.45, 7) is 9.13. The number of unbranched alkanes of at least 4 members (excludes halogenated alkanes) is 7. The lowest BCUT2D eigenvalue weighted by atomic mass is 10.1. The lowest BCUT2D eigenvalue weighted by molar-refractivity contribution is 0.0547. The van der Waals surface area contributed by atoms with Gasteiger partial charge in [0.15, 0.2) is 0 Å². The number of piperazine rings is 1. The first-order chi connectivity index (χ1) is 18.8. The molecule has 3 rings (SSSR count). The van der Waals surface area contributed by atoms with Crippen molar-refractivity contribution < 1.29 is 9.47 Å². The number of hydrogen-bond donors (Lipinski definition) is 2. The van der Waals surface area contributed by atoms with E-state index in [-0.39, 0.29) is 0 Å². The first-order valence-electron chi connectivity index (χ1n) is 14.6. The van der Waals surface area contributed by atoms with Gasteiger partial charge in [-0.3, -0.25) is 0 Å². The molecule has 38 heavy (non-hydrogen) atoms. The smallest absolute Gasteiger partial charge is 0.230 e. The van der Waals surface area contributed by atoms with Crippen molar-refractivity contribution in [1.82, 2.24) is 19.9 Å². The molecule has 0 radical (unpaired) electrons. The molecule has 1 saturated heterocycles. The molecule has 0 atom stereocenters. The normalized spacial score (nSPS) is 13.7. The summed E-state index contributed by atoms with van der Waals surface area (Å²) < 4.78 is 11.0. The van der Waals surface area contributed by atoms with Crippen LogP contribution in [0.5, 0.6) is 0 Å². The molecule has 0 amide bonds. The van der Waals surface area contributed by atoms with E-state index in [4.69, 9.17) is 30.2 Å². The van der Waals surface area contributed by atoms with Gasteiger partial charge in [-0.05, 0) is 18.6 Å². The highest BCUT2D eigenvalue weighted by atomic mass is 16.5. The van der Waals surface area contributed by atoms with Crippen LogP contribution < -0.4 is 20.9 Å². The molecule has 10 nitrogen and oxygen atoms in total. The maximum Gasteiger partial charge on any atom is 0.230 e. The number of nitrogens with zero attached hydrogens (tertiary/aromatic N) is 6. The lowest BCUT2D eigenvalue weighted by Gasteiger charge is -2.35. The quantitative estimate of drug-likeness (QED) is 0.247. The van der Waals surface area contributed by atoms with Crippen LogP contribution >= 0.6 is 0 Å². The monoisotopic (exact) mass is 528 g/mol. The van der Waals surface area contributed by atoms with Gasteiger partial charge in [0, 0.05) is 51.9 Å². The van der Waals surface area contributed by atoms with Crippen LogP contribution in [0.2, 0.25) is 0 Å². The first-order valence-corrected chi connectivity index (χ1v) is 14.6. The SMILES string of the molecule is CCCCCCCCCCc1nc(NCCOCCOCCN)nc(N2CCN(c3ccccn3)CC2)n1. The molecule has 3 heterocycles. The second-order valence-corrected chi connectivity index (χ2v) is 9.70. The second-order valence-electron chi connectivity index (χ2n) is 9.70. The van der Waals surface area contributed by atoms with Crippen molar-refractivity contribution in [3.63, 3.8) is 0 Å². The minimum Gasteiger partial charge on any atom is -0.378 e. The second kappa shape index (κ2) is 18.7. The molecule has 2 aromatic rings. The van der Waals surface area contributed by atoms with E-state index >= 15 is 0 Å². The number of ether oxygens (including phenoxy) is 2. The number of hydrogen-bond acceptors (Lipinski definition) is 10. The summed E-state index contributed by atoms with van der Waals surface area (Å²) in [7, 11) is 0. The molecule has 0 aromatic carbocycles. The minimum absolute atomic E-state index is 0.531. The molecule has 0 aliphatic carbocycles. The summed E-state index contributed by atoms with van der Waals surface area (Å²) in [6.07, 6.45) is 13.0. The average Bonchev–Trinajstić information content (AvgIpc) is 2.96. The zero-order valence-electron chi connectivity index (χ0n) is 23.3. The Balaban J connectivity index is 1.50. The van der Waals surface area contributed by atoms with E-state index in [9.17, 15) is 0 Å². The van der Waals surface area contributed by atoms with Gasteiger partial charge in [0.25, 0.3) is 0 Å². The van der Waals surface area contributed by atoms with Crippen LogP contribution in [0.25, 0.3) is 0 Å². The molecule has 1 fully saturated rings. The predicted molar refractivity (Wildman–Crippen MR) is 154 cm³/mol. The van der Waals surface area contributed by atoms with Crippen molar-refractivity contribution in [2.75, 3.05) is 80.8 Å². The number of pyridine rings is 1. The summed E-state index contributed by atoms with van der Waals surface area (Å²) in [5, 5.41) is 3.34. The van der Waals surface area contributed by atoms with Gasteiger partial charge in [0.1, 0.15) is 11.6 Å². The predicted octanol–water partition coefficient (Wildman–Crippen LogP) is 3.68. The van der Waals surface area contributed by atoms with Crippen molar-refractivity contribution in [3.8, 4) is 0 Å². The number of aryl methyl sites for hydroxylation is 1. The Hall–Kier alpha value is -2.56. The Morgan fingerprint density at radius 1 is 0.816 bits per heavy atom. The molecular formula is C28H48N8O2. The summed E-state index contributed by atoms with van der Waals surface area (Å²) in [5.74, 6) is 3.27. The van der Waals surface area contributed by atoms with Crippen LogP contribution in [0, 0.1) is 0 Å². The van der Waals surface area contributed by atoms with Crippen LogP contribution in [-0.2, 0) is 15.9 Å². The van der Waals surface area contributed by atoms with Gasteiger partial charge in [-0.25, -0.2) is 4.98 Å². The Kier molecular flexibility index (Phi) is 14.7. The third-order valence-corrected chi connectivity index (χ3v) is 6.62. The fourth-order valence-corrected chi connectivity index (χ4v) is 4.47. The van der Waals surface area contributed by atoms with Gasteiger partial charge < -0.3 is 30.3 Å². The van der Waals surface area contributed by atoms with Crippen LogP contribution in [0.15, 0.2) is 24.4 Å². The number of anilines is 3. The van der Waals surface area contributed by atoms with E-state index in [0.717, 1.165) is 56.6 Å². The van der Waals surface area contributed by atoms with E-state index in [1.165, 1.54) is 44.9 Å². The molecule has 0 saturated carbocycles. The molecule has 10 heteroatoms. The number of aromatic nitrogens is 4. The Bertz CT molecular complexity index is 827. The summed E-state index contributed by atoms with van der Waals surface area (Å²) in [5.41, 5.74) is 5.43. The molecule has 0 unspecified atom stereocenters. The highest BCUT2D eigenvalue weighted by molar-refractivity contribution is 5.43. The van der Waals surface area contributed by atoms with Crippen LogP contribution in [-0.4, -0.2) is 85.6 Å². The van der Waals surface area contributed by atoms with Gasteiger partial charge in [0.05, 0.1) is 26.4 Å². The highest BCUT2D eigenvalue weighted by Crippen LogP contribution is 2.18. The number of nitrogens with two attached hydrogens (primary N) is 1. The minimum atomic E-state index is 0.531. The molecule has 2 aromatic heterocycles. The van der Waals surface area contributed by atoms with Crippen molar-refractivity contribution in [2.24, 2.45) is 5.73 Å². The summed E-state index contributed by atoms with van der Waals surface area (Å²) >= 11 is 0. The molecule has 0 spiro atoms. The zero-order valence-corrected chi connectivity index (χ0v) is 23.3. The third-order valence-electron chi connectivity index (χ3n) is 6.62. The highest BCUT2D eigenvalue weighted by Gasteiger charge is 2.21. The molecule has 0 bridgehead atoms. The van der Waals surface area contributed by atoms with Crippen molar-refractivity contribution in [1.29, 1.82) is 0 Å². The summed E-state index contributed by atoms with van der Waals surface area (Å²) in [4.78, 5) is 23.4. The first kappa shape index (κ1) is 30.0. The third kappa shape index (κ3) is 11.4. The van der Waals surface area contributed by atoms with E-state index < -0.39 is 0 Å². The fraction of sp³-hybridized carbons (Fsp3) is 0.714. The Morgan fingerprint density at radius 2 is 1.53 bits per heavy atom. The Labute approximate surface area is 228 Å². The van der Waals surface area contributed by atoms with Crippen LogP contribution in [0.3, 0.4) is 0 Å². The van der Waals surface area contributed by atoms with Crippen LogP contribution in [0.4, 0.5) is 17.7 Å². The molecule has 1 aliphatic heterocycles. The van der Waals surface area contributed by atoms with Crippen molar-refractivity contribution in [2.45, 2.75) is 64.7 Å². The van der Waals surface area contributed by atoms with E-state index in [0.29, 0.717) is 45.5 Å². The van der Waals surface area contributed by atoms with Gasteiger partial charge in [-0.1, -0.05) is 57.9 Å². The van der Waals surface area contributed by atoms with Crippen molar-refractivity contribution in [3.05, 3.63) is 30.2 Å². The molecule has 3 N–H and O–H groups in total. The van der Waals surface area contributed by atoms with Gasteiger partial charge in [-0.2, -0.15) is 15.0 Å². The fourth-order valence-electron chi connectivity index (χ4n) is 4.47. The van der Waals surface area contributed by atoms with Gasteiger partial charge >= 0.3 is 0 Å². The van der Waals surface area contributed by atoms with Crippen molar-refractivity contribution >= 4 is 17.7 Å². The van der Waals surface area contributed by atoms with E-state index in [2.05, 4.69) is 33.1 Å². The van der Waals surface area contributed by atoms with Crippen LogP contribution in [0.1, 0.15) is 64.1 Å². The maximum absolute atomic E-state index is 5.64. The van der Waals surface area contributed by atoms with Gasteiger partial charge in [0.2, 0.25) is 11.9 Å². The number of rotatable bonds is 20. The lowest BCUT2D eigenvalue weighted by Crippen LogP contribution is -2.47. The standard InChI is InChI=1S/C28H48N8O2/c1-2-3-4-5-6-7-8-9-12-25-32-27(31-16-22-38-24-23-37-21-14-29)34-28(33-25)36-19-17-35(18-20-36)26-13-10-11-15-30-26/h10-11,13,15H,2-9,12,14,16-24,29H2,1H3,(H,31,32,33,34). The largest absolute Gasteiger partial charge is 0.378 e. The Morgan fingerprint density at radius 3 is 2.24 bits per heavy atom. The molecular weight excluding hydrogens is 480 g/mol. The number of nitrogens with one attached hydrogen (secondary N) is 1. The molecule has 212 valence electrons. The van der Waals surface area contributed by atoms with E-state index in [1.807, 2.05) is 18.3 Å². The van der Waals surface area contributed by atoms with Gasteiger partial charge in [-0.15, -0.1) is 0 Å². The summed E-state index contributed by atoms with van der Waals surface area (Å²) in [6, 6.07) is 6.05. The average molecular weight is 529 g/mol. The maximum atomic E-state index is 5.64. The molecule has 1 aliphatic rings.